The summed E-state index contributed by atoms with van der Waals surface area (Å²) in [6, 6.07) is 11.9. The van der Waals surface area contributed by atoms with Gasteiger partial charge >= 0.3 is 0 Å². The van der Waals surface area contributed by atoms with E-state index < -0.39 is 0 Å². The van der Waals surface area contributed by atoms with E-state index in [1.54, 1.807) is 42.5 Å². The van der Waals surface area contributed by atoms with Crippen LogP contribution >= 0.6 is 23.8 Å². The van der Waals surface area contributed by atoms with Gasteiger partial charge in [-0.2, -0.15) is 0 Å². The molecule has 0 radical (unpaired) electrons. The normalized spacial score (nSPS) is 11.2. The number of hydrogen-bond donors (Lipinski definition) is 2. The molecule has 2 N–H and O–H groups in total. The van der Waals surface area contributed by atoms with Crippen LogP contribution in [0.5, 0.6) is 0 Å². The zero-order valence-electron chi connectivity index (χ0n) is 17.1. The first-order chi connectivity index (χ1) is 14.4. The molecule has 0 saturated heterocycles. The highest BCUT2D eigenvalue weighted by Gasteiger charge is 2.11. The molecule has 3 aromatic rings. The van der Waals surface area contributed by atoms with Gasteiger partial charge < -0.3 is 15.2 Å². The first-order valence-electron chi connectivity index (χ1n) is 10.00. The molecular weight excluding hydrogens is 420 g/mol. The zero-order chi connectivity index (χ0) is 21.7. The van der Waals surface area contributed by atoms with Crippen molar-refractivity contribution in [3.8, 4) is 5.69 Å². The molecule has 6 nitrogen and oxygen atoms in total. The largest absolute Gasteiger partial charge is 0.352 e. The van der Waals surface area contributed by atoms with Crippen LogP contribution in [0.4, 0.5) is 0 Å². The summed E-state index contributed by atoms with van der Waals surface area (Å²) in [4.78, 5) is 30.9. The molecule has 0 spiro atoms. The maximum atomic E-state index is 13.0. The summed E-state index contributed by atoms with van der Waals surface area (Å²) in [6.45, 7) is 7.79. The Morgan fingerprint density at radius 3 is 2.70 bits per heavy atom. The number of aromatic nitrogens is 2. The van der Waals surface area contributed by atoms with E-state index in [0.29, 0.717) is 33.7 Å². The summed E-state index contributed by atoms with van der Waals surface area (Å²) in [5.41, 5.74) is 1.33. The van der Waals surface area contributed by atoms with E-state index in [0.717, 1.165) is 26.1 Å². The fourth-order valence-electron chi connectivity index (χ4n) is 3.36. The summed E-state index contributed by atoms with van der Waals surface area (Å²) in [5.74, 6) is -0.174. The van der Waals surface area contributed by atoms with Gasteiger partial charge in [0.2, 0.25) is 0 Å². The minimum Gasteiger partial charge on any atom is -0.352 e. The Kier molecular flexibility index (Phi) is 7.42. The number of fused-ring (bicyclic) bond motifs is 1. The monoisotopic (exact) mass is 444 g/mol. The number of benzene rings is 2. The van der Waals surface area contributed by atoms with Gasteiger partial charge in [0.05, 0.1) is 16.6 Å². The van der Waals surface area contributed by atoms with Crippen LogP contribution in [-0.4, -0.2) is 46.5 Å². The topological polar surface area (TPSA) is 70.1 Å². The average Bonchev–Trinajstić information content (AvgIpc) is 2.73. The molecule has 0 aliphatic heterocycles. The molecule has 1 aromatic heterocycles. The maximum absolute atomic E-state index is 13.0. The third-order valence-electron chi connectivity index (χ3n) is 5.06. The second kappa shape index (κ2) is 10.0. The zero-order valence-corrected chi connectivity index (χ0v) is 18.6. The number of rotatable bonds is 8. The molecule has 8 heteroatoms. The van der Waals surface area contributed by atoms with Gasteiger partial charge in [0, 0.05) is 17.1 Å². The van der Waals surface area contributed by atoms with Crippen LogP contribution in [0, 0.1) is 4.77 Å². The van der Waals surface area contributed by atoms with Crippen LogP contribution in [0.1, 0.15) is 30.6 Å². The van der Waals surface area contributed by atoms with Crippen LogP contribution in [-0.2, 0) is 0 Å². The molecule has 0 unspecified atom stereocenters. The number of nitrogens with one attached hydrogen (secondary N) is 2. The van der Waals surface area contributed by atoms with Crippen LogP contribution in [0.25, 0.3) is 16.6 Å². The van der Waals surface area contributed by atoms with Gasteiger partial charge in [-0.1, -0.05) is 31.5 Å². The number of carbonyl (C=O) groups is 1. The van der Waals surface area contributed by atoms with Crippen molar-refractivity contribution in [1.82, 2.24) is 19.8 Å². The summed E-state index contributed by atoms with van der Waals surface area (Å²) < 4.78 is 1.63. The Morgan fingerprint density at radius 2 is 1.97 bits per heavy atom. The highest BCUT2D eigenvalue weighted by molar-refractivity contribution is 7.71. The van der Waals surface area contributed by atoms with Crippen molar-refractivity contribution in [2.24, 2.45) is 0 Å². The highest BCUT2D eigenvalue weighted by Crippen LogP contribution is 2.17. The van der Waals surface area contributed by atoms with Gasteiger partial charge in [0.25, 0.3) is 11.5 Å². The molecule has 158 valence electrons. The Bertz CT molecular complexity index is 1170. The molecule has 30 heavy (non-hydrogen) atoms. The number of hydrogen-bond acceptors (Lipinski definition) is 4. The molecule has 0 atom stereocenters. The number of aromatic amines is 1. The average molecular weight is 445 g/mol. The molecule has 1 heterocycles. The molecule has 2 aromatic carbocycles. The lowest BCUT2D eigenvalue weighted by Crippen LogP contribution is -2.30. The van der Waals surface area contributed by atoms with E-state index in [4.69, 9.17) is 23.8 Å². The van der Waals surface area contributed by atoms with E-state index in [1.165, 1.54) is 4.57 Å². The van der Waals surface area contributed by atoms with Crippen molar-refractivity contribution in [2.45, 2.75) is 20.3 Å². The summed E-state index contributed by atoms with van der Waals surface area (Å²) in [7, 11) is 0. The number of H-pyrrole nitrogens is 1. The molecule has 0 aliphatic rings. The van der Waals surface area contributed by atoms with E-state index in [-0.39, 0.29) is 16.2 Å². The lowest BCUT2D eigenvalue weighted by atomic mass is 10.1. The number of halogens is 1. The van der Waals surface area contributed by atoms with Crippen molar-refractivity contribution < 1.29 is 4.79 Å². The van der Waals surface area contributed by atoms with E-state index in [1.807, 2.05) is 0 Å². The third-order valence-corrected chi connectivity index (χ3v) is 5.58. The lowest BCUT2D eigenvalue weighted by Gasteiger charge is -2.17. The van der Waals surface area contributed by atoms with Crippen molar-refractivity contribution >= 4 is 40.6 Å². The van der Waals surface area contributed by atoms with Crippen LogP contribution in [0.2, 0.25) is 5.02 Å². The first-order valence-corrected chi connectivity index (χ1v) is 10.8. The highest BCUT2D eigenvalue weighted by atomic mass is 35.5. The van der Waals surface area contributed by atoms with Gasteiger partial charge in [-0.05, 0) is 74.7 Å². The minimum atomic E-state index is -0.262. The Morgan fingerprint density at radius 1 is 1.20 bits per heavy atom. The second-order valence-corrected chi connectivity index (χ2v) is 7.77. The predicted octanol–water partition coefficient (Wildman–Crippen LogP) is 4.16. The summed E-state index contributed by atoms with van der Waals surface area (Å²) in [5, 5.41) is 3.93. The third kappa shape index (κ3) is 4.98. The Balaban J connectivity index is 1.82. The summed E-state index contributed by atoms with van der Waals surface area (Å²) >= 11 is 11.4. The van der Waals surface area contributed by atoms with Gasteiger partial charge in [0.15, 0.2) is 4.77 Å². The number of carbonyl (C=O) groups excluding carboxylic acids is 1. The van der Waals surface area contributed by atoms with Gasteiger partial charge in [-0.25, -0.2) is 0 Å². The molecular formula is C22H25ClN4O2S. The molecule has 1 amide bonds. The minimum absolute atomic E-state index is 0.174. The van der Waals surface area contributed by atoms with Crippen molar-refractivity contribution in [3.63, 3.8) is 0 Å². The molecule has 3 rings (SSSR count). The maximum Gasteiger partial charge on any atom is 0.266 e. The summed E-state index contributed by atoms with van der Waals surface area (Å²) in [6.07, 6.45) is 0.880. The van der Waals surface area contributed by atoms with Crippen molar-refractivity contribution in [2.75, 3.05) is 26.2 Å². The van der Waals surface area contributed by atoms with Crippen LogP contribution in [0.15, 0.2) is 47.3 Å². The van der Waals surface area contributed by atoms with E-state index in [9.17, 15) is 9.59 Å². The standard InChI is InChI=1S/C22H25ClN4O2S/c1-3-26(4-2)12-6-11-24-20(28)15-7-5-8-17(13-15)27-21(29)18-10-9-16(23)14-19(18)25-22(27)30/h5,7-10,13-14H,3-4,6,11-12H2,1-2H3,(H,24,28)(H,25,30). The van der Waals surface area contributed by atoms with Gasteiger partial charge in [-0.3, -0.25) is 14.2 Å². The molecule has 0 aliphatic carbocycles. The fourth-order valence-corrected chi connectivity index (χ4v) is 3.83. The van der Waals surface area contributed by atoms with Crippen LogP contribution in [0.3, 0.4) is 0 Å². The fraction of sp³-hybridized carbons (Fsp3) is 0.318. The SMILES string of the molecule is CCN(CC)CCCNC(=O)c1cccc(-n2c(=S)[nH]c3cc(Cl)ccc3c2=O)c1. The quantitative estimate of drug-likeness (QED) is 0.404. The lowest BCUT2D eigenvalue weighted by molar-refractivity contribution is 0.0952. The van der Waals surface area contributed by atoms with Crippen molar-refractivity contribution in [3.05, 3.63) is 68.2 Å². The second-order valence-electron chi connectivity index (χ2n) is 6.95. The first kappa shape index (κ1) is 22.2. The Labute approximate surface area is 185 Å². The smallest absolute Gasteiger partial charge is 0.266 e. The predicted molar refractivity (Wildman–Crippen MR) is 124 cm³/mol. The molecule has 0 fully saturated rings. The number of nitrogens with zero attached hydrogens (tertiary/aromatic N) is 2. The van der Waals surface area contributed by atoms with E-state index in [2.05, 4.69) is 29.0 Å². The van der Waals surface area contributed by atoms with E-state index >= 15 is 0 Å². The molecule has 0 bridgehead atoms. The van der Waals surface area contributed by atoms with Gasteiger partial charge in [-0.15, -0.1) is 0 Å². The Hall–Kier alpha value is -2.48. The van der Waals surface area contributed by atoms with Crippen molar-refractivity contribution in [1.29, 1.82) is 0 Å². The van der Waals surface area contributed by atoms with Gasteiger partial charge in [0.1, 0.15) is 0 Å². The molecule has 0 saturated carbocycles. The van der Waals surface area contributed by atoms with Crippen LogP contribution < -0.4 is 10.9 Å². The number of amides is 1.